The Hall–Kier alpha value is -2.69. The third-order valence-electron chi connectivity index (χ3n) is 3.21. The first-order chi connectivity index (χ1) is 10.1. The third-order valence-corrected chi connectivity index (χ3v) is 3.21. The van der Waals surface area contributed by atoms with Crippen LogP contribution in [0.25, 0.3) is 10.9 Å². The number of nitrogen functional groups attached to an aromatic ring is 1. The first-order valence-electron chi connectivity index (χ1n) is 6.43. The predicted octanol–water partition coefficient (Wildman–Crippen LogP) is 4.50. The van der Waals surface area contributed by atoms with Gasteiger partial charge in [0, 0.05) is 28.5 Å². The highest BCUT2D eigenvalue weighted by molar-refractivity contribution is 5.92. The summed E-state index contributed by atoms with van der Waals surface area (Å²) in [6, 6.07) is 13.8. The van der Waals surface area contributed by atoms with Gasteiger partial charge in [0.2, 0.25) is 0 Å². The Kier molecular flexibility index (Phi) is 3.39. The second kappa shape index (κ2) is 5.36. The van der Waals surface area contributed by atoms with E-state index in [-0.39, 0.29) is 5.56 Å². The largest absolute Gasteiger partial charge is 0.399 e. The van der Waals surface area contributed by atoms with Gasteiger partial charge in [0.25, 0.3) is 6.43 Å². The fourth-order valence-electron chi connectivity index (χ4n) is 2.23. The number of halogens is 2. The highest BCUT2D eigenvalue weighted by Crippen LogP contribution is 2.32. The van der Waals surface area contributed by atoms with Crippen molar-refractivity contribution in [2.24, 2.45) is 0 Å². The maximum atomic E-state index is 13.1. The van der Waals surface area contributed by atoms with Gasteiger partial charge in [-0.05, 0) is 30.3 Å². The second-order valence-corrected chi connectivity index (χ2v) is 4.65. The summed E-state index contributed by atoms with van der Waals surface area (Å²) in [5.74, 6) is 0. The molecule has 0 unspecified atom stereocenters. The number of hydrogen-bond donors (Lipinski definition) is 2. The van der Waals surface area contributed by atoms with Gasteiger partial charge in [0.05, 0.1) is 11.2 Å². The highest BCUT2D eigenvalue weighted by Gasteiger charge is 2.14. The number of anilines is 3. The van der Waals surface area contributed by atoms with Gasteiger partial charge in [0.1, 0.15) is 0 Å². The molecule has 3 nitrogen and oxygen atoms in total. The molecule has 0 aliphatic carbocycles. The summed E-state index contributed by atoms with van der Waals surface area (Å²) in [4.78, 5) is 4.29. The molecule has 0 saturated heterocycles. The zero-order chi connectivity index (χ0) is 14.8. The lowest BCUT2D eigenvalue weighted by Crippen LogP contribution is -1.99. The fraction of sp³-hybridized carbons (Fsp3) is 0.0625. The molecule has 3 aromatic rings. The van der Waals surface area contributed by atoms with Gasteiger partial charge in [-0.25, -0.2) is 8.78 Å². The van der Waals surface area contributed by atoms with E-state index in [1.807, 2.05) is 24.3 Å². The zero-order valence-corrected chi connectivity index (χ0v) is 11.1. The van der Waals surface area contributed by atoms with Crippen LogP contribution in [0.1, 0.15) is 12.0 Å². The molecule has 0 aliphatic rings. The van der Waals surface area contributed by atoms with Crippen molar-refractivity contribution in [2.75, 3.05) is 11.1 Å². The van der Waals surface area contributed by atoms with Gasteiger partial charge >= 0.3 is 0 Å². The van der Waals surface area contributed by atoms with E-state index in [1.54, 1.807) is 24.4 Å². The fourth-order valence-corrected chi connectivity index (χ4v) is 2.23. The monoisotopic (exact) mass is 285 g/mol. The number of nitrogens with one attached hydrogen (secondary N) is 1. The van der Waals surface area contributed by atoms with E-state index >= 15 is 0 Å². The Bertz CT molecular complexity index is 782. The maximum absolute atomic E-state index is 13.1. The van der Waals surface area contributed by atoms with Crippen molar-refractivity contribution in [3.63, 3.8) is 0 Å². The first kappa shape index (κ1) is 13.3. The quantitative estimate of drug-likeness (QED) is 0.697. The van der Waals surface area contributed by atoms with E-state index in [0.29, 0.717) is 17.1 Å². The molecule has 0 aliphatic heterocycles. The van der Waals surface area contributed by atoms with Gasteiger partial charge in [-0.15, -0.1) is 0 Å². The number of nitrogens with two attached hydrogens (primary N) is 1. The molecule has 0 bridgehead atoms. The van der Waals surface area contributed by atoms with Crippen LogP contribution in [0, 0.1) is 0 Å². The van der Waals surface area contributed by atoms with Crippen molar-refractivity contribution < 1.29 is 8.78 Å². The third kappa shape index (κ3) is 2.63. The van der Waals surface area contributed by atoms with E-state index in [1.165, 1.54) is 6.07 Å². The normalized spacial score (nSPS) is 11.0. The molecule has 0 radical (unpaired) electrons. The zero-order valence-electron chi connectivity index (χ0n) is 11.1. The molecule has 0 amide bonds. The van der Waals surface area contributed by atoms with Crippen LogP contribution >= 0.6 is 0 Å². The van der Waals surface area contributed by atoms with Crippen LogP contribution < -0.4 is 11.1 Å². The summed E-state index contributed by atoms with van der Waals surface area (Å²) < 4.78 is 26.2. The molecule has 0 fully saturated rings. The molecule has 1 aromatic heterocycles. The number of nitrogens with zero attached hydrogens (tertiary/aromatic N) is 1. The van der Waals surface area contributed by atoms with Crippen LogP contribution in [0.5, 0.6) is 0 Å². The molecule has 3 N–H and O–H groups in total. The van der Waals surface area contributed by atoms with E-state index in [9.17, 15) is 8.78 Å². The van der Waals surface area contributed by atoms with Crippen LogP contribution in [0.4, 0.5) is 25.8 Å². The Morgan fingerprint density at radius 3 is 2.62 bits per heavy atom. The molecule has 21 heavy (non-hydrogen) atoms. The van der Waals surface area contributed by atoms with Crippen molar-refractivity contribution in [2.45, 2.75) is 6.43 Å². The molecule has 1 heterocycles. The van der Waals surface area contributed by atoms with Crippen LogP contribution in [-0.4, -0.2) is 4.98 Å². The van der Waals surface area contributed by atoms with Gasteiger partial charge < -0.3 is 11.1 Å². The molecule has 106 valence electrons. The van der Waals surface area contributed by atoms with Crippen molar-refractivity contribution >= 4 is 28.0 Å². The van der Waals surface area contributed by atoms with Crippen molar-refractivity contribution in [1.29, 1.82) is 0 Å². The van der Waals surface area contributed by atoms with Gasteiger partial charge in [0.15, 0.2) is 0 Å². The summed E-state index contributed by atoms with van der Waals surface area (Å²) >= 11 is 0. The first-order valence-corrected chi connectivity index (χ1v) is 6.43. The summed E-state index contributed by atoms with van der Waals surface area (Å²) in [6.45, 7) is 0. The molecule has 2 aromatic carbocycles. The van der Waals surface area contributed by atoms with Crippen molar-refractivity contribution in [3.8, 4) is 0 Å². The number of benzene rings is 2. The standard InChI is InChI=1S/C16H13F2N3/c17-16(18)12-9-11(19)6-7-13(12)21-14-5-1-3-10-4-2-8-20-15(10)14/h1-9,16,21H,19H2. The van der Waals surface area contributed by atoms with Gasteiger partial charge in [-0.1, -0.05) is 18.2 Å². The average Bonchev–Trinajstić information content (AvgIpc) is 2.49. The van der Waals surface area contributed by atoms with E-state index < -0.39 is 6.43 Å². The van der Waals surface area contributed by atoms with Crippen LogP contribution in [0.2, 0.25) is 0 Å². The molecule has 3 rings (SSSR count). The lowest BCUT2D eigenvalue weighted by Gasteiger charge is -2.13. The Morgan fingerprint density at radius 1 is 1.00 bits per heavy atom. The van der Waals surface area contributed by atoms with Crippen LogP contribution in [0.15, 0.2) is 54.7 Å². The second-order valence-electron chi connectivity index (χ2n) is 4.65. The number of pyridine rings is 1. The van der Waals surface area contributed by atoms with Crippen molar-refractivity contribution in [3.05, 3.63) is 60.3 Å². The lowest BCUT2D eigenvalue weighted by atomic mass is 10.1. The molecule has 0 atom stereocenters. The molecule has 5 heteroatoms. The molecular formula is C16H13F2N3. The van der Waals surface area contributed by atoms with Gasteiger partial charge in [-0.2, -0.15) is 0 Å². The Labute approximate surface area is 120 Å². The summed E-state index contributed by atoms with van der Waals surface area (Å²) in [5.41, 5.74) is 7.51. The number of rotatable bonds is 3. The summed E-state index contributed by atoms with van der Waals surface area (Å²) in [5, 5.41) is 3.97. The maximum Gasteiger partial charge on any atom is 0.265 e. The smallest absolute Gasteiger partial charge is 0.265 e. The highest BCUT2D eigenvalue weighted by atomic mass is 19.3. The Balaban J connectivity index is 2.07. The van der Waals surface area contributed by atoms with E-state index in [4.69, 9.17) is 5.73 Å². The van der Waals surface area contributed by atoms with Crippen molar-refractivity contribution in [1.82, 2.24) is 4.98 Å². The number of fused-ring (bicyclic) bond motifs is 1. The number of hydrogen-bond acceptors (Lipinski definition) is 3. The number of aromatic nitrogens is 1. The van der Waals surface area contributed by atoms with E-state index in [0.717, 1.165) is 10.9 Å². The predicted molar refractivity (Wildman–Crippen MR) is 80.8 cm³/mol. The van der Waals surface area contributed by atoms with Gasteiger partial charge in [-0.3, -0.25) is 4.98 Å². The number of para-hydroxylation sites is 1. The minimum absolute atomic E-state index is 0.122. The van der Waals surface area contributed by atoms with E-state index in [2.05, 4.69) is 10.3 Å². The summed E-state index contributed by atoms with van der Waals surface area (Å²) in [6.07, 6.45) is -0.927. The minimum Gasteiger partial charge on any atom is -0.399 e. The van der Waals surface area contributed by atoms with Crippen LogP contribution in [-0.2, 0) is 0 Å². The summed E-state index contributed by atoms with van der Waals surface area (Å²) in [7, 11) is 0. The minimum atomic E-state index is -2.60. The topological polar surface area (TPSA) is 50.9 Å². The molecule has 0 spiro atoms. The SMILES string of the molecule is Nc1ccc(Nc2cccc3cccnc23)c(C(F)F)c1. The average molecular weight is 285 g/mol. The number of alkyl halides is 2. The molecular weight excluding hydrogens is 272 g/mol. The molecule has 0 saturated carbocycles. The van der Waals surface area contributed by atoms with Crippen LogP contribution in [0.3, 0.4) is 0 Å². The lowest BCUT2D eigenvalue weighted by molar-refractivity contribution is 0.152. The Morgan fingerprint density at radius 2 is 1.81 bits per heavy atom.